The number of carboxylic acids is 1. The predicted molar refractivity (Wildman–Crippen MR) is 427 cm³/mol. The van der Waals surface area contributed by atoms with E-state index in [1.807, 2.05) is 48.5 Å². The lowest BCUT2D eigenvalue weighted by molar-refractivity contribution is -0.137. The minimum absolute atomic E-state index is 0.00301. The van der Waals surface area contributed by atoms with Crippen molar-refractivity contribution < 1.29 is 58.2 Å². The molecule has 1 amide bonds. The highest BCUT2D eigenvalue weighted by molar-refractivity contribution is 7.90. The van der Waals surface area contributed by atoms with E-state index in [-0.39, 0.29) is 110 Å². The molecule has 620 valence electrons. The summed E-state index contributed by atoms with van der Waals surface area (Å²) in [6.45, 7) is 25.0. The van der Waals surface area contributed by atoms with E-state index in [9.17, 15) is 58.2 Å². The van der Waals surface area contributed by atoms with Crippen LogP contribution in [-0.4, -0.2) is 143 Å². The van der Waals surface area contributed by atoms with E-state index in [0.29, 0.717) is 74.3 Å². The number of aromatic nitrogens is 20. The van der Waals surface area contributed by atoms with Gasteiger partial charge < -0.3 is 41.7 Å². The third-order valence-electron chi connectivity index (χ3n) is 19.3. The van der Waals surface area contributed by atoms with Gasteiger partial charge in [-0.2, -0.15) is 10.5 Å². The molecular formula is C80H83F8N25O5S. The minimum atomic E-state index is -4.13. The summed E-state index contributed by atoms with van der Waals surface area (Å²) < 4.78 is 140. The smallest absolute Gasteiger partial charge is 0.305 e. The van der Waals surface area contributed by atoms with Gasteiger partial charge in [-0.3, -0.25) is 9.59 Å². The Morgan fingerprint density at radius 1 is 0.521 bits per heavy atom. The first-order valence-corrected chi connectivity index (χ1v) is 38.3. The molecule has 0 radical (unpaired) electrons. The molecule has 0 spiro atoms. The number of benzene rings is 1. The molecule has 39 heteroatoms. The Labute approximate surface area is 675 Å². The molecule has 13 aromatic heterocycles. The van der Waals surface area contributed by atoms with Crippen molar-refractivity contribution in [3.05, 3.63) is 187 Å². The molecule has 0 fully saturated rings. The molecule has 4 atom stereocenters. The van der Waals surface area contributed by atoms with Crippen LogP contribution in [0.4, 0.5) is 52.6 Å². The summed E-state index contributed by atoms with van der Waals surface area (Å²) >= 11 is 0. The van der Waals surface area contributed by atoms with Crippen LogP contribution in [0.1, 0.15) is 119 Å². The number of carbonyl (C=O) groups is 2. The number of halogens is 8. The summed E-state index contributed by atoms with van der Waals surface area (Å²) in [7, 11) is -4.13. The number of H-pyrrole nitrogens is 4. The fourth-order valence-electron chi connectivity index (χ4n) is 12.3. The number of hydrogen-bond donors (Lipinski definition) is 9. The lowest BCUT2D eigenvalue weighted by atomic mass is 9.76. The Balaban J connectivity index is 0.000000157. The molecule has 4 unspecified atom stereocenters. The van der Waals surface area contributed by atoms with Gasteiger partial charge in [-0.05, 0) is 77.3 Å². The fraction of sp³-hybridized carbons (Fsp3) is 0.325. The van der Waals surface area contributed by atoms with Gasteiger partial charge in [0, 0.05) is 99.6 Å². The number of amides is 1. The van der Waals surface area contributed by atoms with Crippen LogP contribution < -0.4 is 21.7 Å². The number of anilines is 3. The third-order valence-corrected chi connectivity index (χ3v) is 21.0. The van der Waals surface area contributed by atoms with Gasteiger partial charge in [-0.1, -0.05) is 106 Å². The molecule has 30 nitrogen and oxygen atoms in total. The number of nitriles is 1. The number of tetrazole rings is 1. The van der Waals surface area contributed by atoms with Crippen LogP contribution in [0.2, 0.25) is 0 Å². The maximum atomic E-state index is 14.7. The molecule has 0 bridgehead atoms. The molecule has 0 aliphatic rings. The van der Waals surface area contributed by atoms with Crippen molar-refractivity contribution in [3.8, 4) is 51.6 Å². The number of rotatable bonds is 21. The van der Waals surface area contributed by atoms with Crippen LogP contribution in [0.3, 0.4) is 0 Å². The summed E-state index contributed by atoms with van der Waals surface area (Å²) in [6, 6.07) is 12.0. The zero-order valence-electron chi connectivity index (χ0n) is 66.6. The summed E-state index contributed by atoms with van der Waals surface area (Å²) in [5.74, 6) is -5.44. The number of carbonyl (C=O) groups excluding carboxylic acids is 1. The van der Waals surface area contributed by atoms with Gasteiger partial charge in [0.15, 0.2) is 75.5 Å². The average Bonchev–Trinajstić information content (AvgIpc) is 1.60. The average molecular weight is 1660 g/mol. The van der Waals surface area contributed by atoms with Crippen molar-refractivity contribution in [2.24, 2.45) is 33.3 Å². The zero-order valence-corrected chi connectivity index (χ0v) is 67.4. The largest absolute Gasteiger partial charge is 0.481 e. The molecule has 0 saturated carbocycles. The zero-order chi connectivity index (χ0) is 86.4. The van der Waals surface area contributed by atoms with E-state index in [2.05, 4.69) is 138 Å². The van der Waals surface area contributed by atoms with Gasteiger partial charge in [0.1, 0.15) is 40.2 Å². The number of nitrogens with two attached hydrogens (primary N) is 1. The Kier molecular flexibility index (Phi) is 25.6. The van der Waals surface area contributed by atoms with Crippen LogP contribution in [0.15, 0.2) is 128 Å². The van der Waals surface area contributed by atoms with Crippen LogP contribution in [0.25, 0.3) is 89.7 Å². The number of hydrogen-bond acceptors (Lipinski definition) is 23. The molecule has 1 aromatic carbocycles. The molecule has 0 aliphatic carbocycles. The SMILES string of the molecule is CC(C)(C)C(CC#N)Nc1nc(-c2c[nH]c3ncc(F)cc23)ncc1F.CC(C)(C)C(CC(N)=O)Nc1nc(-c2c[nH]c3ncc(F)cc23)ncc1F.CC(C)(C)C(Cc1nn[nH]n1)Cc1nc(-c2c[nH]c3ncc(F)cc23)ncc1F.Cc1ccc(S(=O)(=O)n2cc(-c3ncc(F)c(NC(CC(=O)O)C(C)(C)C)n3)c3cc(F)cnc32)cc1. The maximum Gasteiger partial charge on any atom is 0.305 e. The number of fused-ring (bicyclic) bond motifs is 4. The van der Waals surface area contributed by atoms with Gasteiger partial charge in [0.05, 0.1) is 79.1 Å². The van der Waals surface area contributed by atoms with Crippen LogP contribution >= 0.6 is 0 Å². The first kappa shape index (κ1) is 86.4. The van der Waals surface area contributed by atoms with Gasteiger partial charge >= 0.3 is 5.97 Å². The molecule has 10 N–H and O–H groups in total. The fourth-order valence-corrected chi connectivity index (χ4v) is 13.6. The Morgan fingerprint density at radius 2 is 0.924 bits per heavy atom. The predicted octanol–water partition coefficient (Wildman–Crippen LogP) is 14.9. The molecule has 0 aliphatic heterocycles. The van der Waals surface area contributed by atoms with E-state index in [4.69, 9.17) is 11.0 Å². The van der Waals surface area contributed by atoms with Crippen molar-refractivity contribution in [2.75, 3.05) is 16.0 Å². The van der Waals surface area contributed by atoms with E-state index >= 15 is 0 Å². The van der Waals surface area contributed by atoms with Crippen molar-refractivity contribution in [2.45, 2.75) is 145 Å². The van der Waals surface area contributed by atoms with E-state index in [1.54, 1.807) is 51.5 Å². The molecular weight excluding hydrogens is 1580 g/mol. The lowest BCUT2D eigenvalue weighted by Gasteiger charge is -2.31. The van der Waals surface area contributed by atoms with Gasteiger partial charge in [0.2, 0.25) is 5.91 Å². The summed E-state index contributed by atoms with van der Waals surface area (Å²) in [5, 5.41) is 42.8. The monoisotopic (exact) mass is 1660 g/mol. The number of aryl methyl sites for hydroxylation is 1. The Morgan fingerprint density at radius 3 is 1.33 bits per heavy atom. The third kappa shape index (κ3) is 20.9. The van der Waals surface area contributed by atoms with Crippen molar-refractivity contribution in [1.29, 1.82) is 5.26 Å². The topological polar surface area (TPSA) is 436 Å². The summed E-state index contributed by atoms with van der Waals surface area (Å²) in [6.07, 6.45) is 15.2. The minimum Gasteiger partial charge on any atom is -0.481 e. The number of nitrogens with zero attached hydrogens (tertiary/aromatic N) is 17. The second-order valence-corrected chi connectivity index (χ2v) is 34.0. The van der Waals surface area contributed by atoms with Gasteiger partial charge in [-0.15, -0.1) is 10.2 Å². The Hall–Kier alpha value is -13.4. The number of nitrogens with one attached hydrogen (secondary N) is 7. The van der Waals surface area contributed by atoms with Crippen molar-refractivity contribution in [3.63, 3.8) is 0 Å². The molecule has 14 rings (SSSR count). The highest BCUT2D eigenvalue weighted by Gasteiger charge is 2.34. The molecule has 119 heavy (non-hydrogen) atoms. The number of carboxylic acid groups (broad SMARTS) is 1. The quantitative estimate of drug-likeness (QED) is 0.0302. The van der Waals surface area contributed by atoms with E-state index < -0.39 is 85.9 Å². The van der Waals surface area contributed by atoms with Crippen LogP contribution in [0.5, 0.6) is 0 Å². The molecule has 13 heterocycles. The van der Waals surface area contributed by atoms with Crippen LogP contribution in [-0.2, 0) is 32.5 Å². The normalized spacial score (nSPS) is 13.0. The number of pyridine rings is 4. The van der Waals surface area contributed by atoms with Gasteiger partial charge in [-0.25, -0.2) is 107 Å². The second kappa shape index (κ2) is 35.2. The maximum absolute atomic E-state index is 14.7. The number of aromatic amines is 4. The molecule has 14 aromatic rings. The summed E-state index contributed by atoms with van der Waals surface area (Å²) in [5.41, 5.74) is 8.19. The first-order chi connectivity index (χ1) is 56.0. The summed E-state index contributed by atoms with van der Waals surface area (Å²) in [4.78, 5) is 80.7. The Bertz CT molecular complexity index is 6190. The van der Waals surface area contributed by atoms with Crippen molar-refractivity contribution in [1.82, 2.24) is 99.4 Å². The van der Waals surface area contributed by atoms with E-state index in [1.165, 1.54) is 36.5 Å². The van der Waals surface area contributed by atoms with Gasteiger partial charge in [0.25, 0.3) is 10.0 Å². The van der Waals surface area contributed by atoms with Crippen LogP contribution in [0, 0.1) is 92.4 Å². The highest BCUT2D eigenvalue weighted by atomic mass is 32.2. The standard InChI is InChI=1S/C25H25F2N5O4S.C19H20F2N8.C18H20F2N6O.C18H18F2N6/c1-14-5-7-16(8-6-14)37(35,36)32-13-18(17-9-15(26)11-29-24(17)32)22-28-12-19(27)23(31-22)30-20(10-21(33)34)25(2,3)4;1-19(2,3)10(5-16-26-28-29-27-16)4-15-14(21)9-24-18(25-15)13-8-23-17-12(13)6-11(20)7-22-17;1-18(2,3)13(5-14(21)27)25-17-12(20)8-24-16(26-17)11-7-23-15-10(11)4-9(19)6-22-15;1-18(2,3)14(4-5-21)25-17-13(20)9-24-16(26-17)12-8-23-15-11(12)6-10(19)7-22-15/h5-9,11-13,20H,10H2,1-4H3,(H,33,34)(H,28,30,31);6-10H,4-5H2,1-3H3,(H,22,23)(H,26,27,28,29);4,6-8,13H,5H2,1-3H3,(H2,21,27)(H,22,23)(H,24,25,26);6-9,14H,4H2,1-3H3,(H,22,23)(H,24,25,26). The lowest BCUT2D eigenvalue weighted by Crippen LogP contribution is -2.38. The van der Waals surface area contributed by atoms with E-state index in [0.717, 1.165) is 65.2 Å². The first-order valence-electron chi connectivity index (χ1n) is 36.9. The highest BCUT2D eigenvalue weighted by Crippen LogP contribution is 2.38. The number of primary amides is 1. The second-order valence-electron chi connectivity index (χ2n) is 32.2. The number of aliphatic carboxylic acids is 1. The molecule has 0 saturated heterocycles. The van der Waals surface area contributed by atoms with Crippen molar-refractivity contribution >= 4 is 83.5 Å².